The van der Waals surface area contributed by atoms with Crippen molar-refractivity contribution < 1.29 is 17.7 Å². The monoisotopic (exact) mass is 454 g/mol. The summed E-state index contributed by atoms with van der Waals surface area (Å²) in [6, 6.07) is 10.5. The molecule has 1 unspecified atom stereocenters. The van der Waals surface area contributed by atoms with Gasteiger partial charge in [0.15, 0.2) is 5.82 Å². The molecule has 1 aromatic heterocycles. The van der Waals surface area contributed by atoms with E-state index in [0.717, 1.165) is 11.1 Å². The fourth-order valence-corrected chi connectivity index (χ4v) is 5.29. The zero-order valence-corrected chi connectivity index (χ0v) is 19.5. The highest BCUT2D eigenvalue weighted by Gasteiger charge is 2.33. The molecule has 1 amide bonds. The molecule has 1 N–H and O–H groups in total. The molecule has 1 aliphatic heterocycles. The number of hydrogen-bond donors (Lipinski definition) is 1. The number of fused-ring (bicyclic) bond motifs is 1. The first-order chi connectivity index (χ1) is 15.1. The van der Waals surface area contributed by atoms with Crippen LogP contribution in [0.25, 0.3) is 11.5 Å². The van der Waals surface area contributed by atoms with Crippen molar-refractivity contribution in [3.05, 3.63) is 58.9 Å². The SMILES string of the molecule is Cc1cccc(-c2nc(C(C)C)no2)c1NC(=O)c1ccc2c(c1)CC(C)N2S(C)(=O)=O. The predicted octanol–water partition coefficient (Wildman–Crippen LogP) is 4.13. The molecule has 0 saturated heterocycles. The van der Waals surface area contributed by atoms with E-state index in [0.29, 0.717) is 40.6 Å². The maximum atomic E-state index is 13.1. The second-order valence-electron chi connectivity index (χ2n) is 8.52. The summed E-state index contributed by atoms with van der Waals surface area (Å²) < 4.78 is 31.1. The van der Waals surface area contributed by atoms with E-state index in [-0.39, 0.29) is 17.9 Å². The number of amides is 1. The minimum absolute atomic E-state index is 0.121. The number of anilines is 2. The molecular weight excluding hydrogens is 428 g/mol. The number of carbonyl (C=O) groups is 1. The van der Waals surface area contributed by atoms with Gasteiger partial charge >= 0.3 is 0 Å². The second-order valence-corrected chi connectivity index (χ2v) is 10.4. The fourth-order valence-electron chi connectivity index (χ4n) is 4.03. The smallest absolute Gasteiger partial charge is 0.260 e. The van der Waals surface area contributed by atoms with E-state index in [2.05, 4.69) is 15.5 Å². The van der Waals surface area contributed by atoms with E-state index in [1.54, 1.807) is 18.2 Å². The van der Waals surface area contributed by atoms with Crippen LogP contribution in [0.4, 0.5) is 11.4 Å². The van der Waals surface area contributed by atoms with Gasteiger partial charge in [0.2, 0.25) is 10.0 Å². The quantitative estimate of drug-likeness (QED) is 0.621. The molecular formula is C23H26N4O4S. The maximum absolute atomic E-state index is 13.1. The van der Waals surface area contributed by atoms with E-state index in [1.807, 2.05) is 45.9 Å². The van der Waals surface area contributed by atoms with Gasteiger partial charge in [0.1, 0.15) is 0 Å². The lowest BCUT2D eigenvalue weighted by Gasteiger charge is -2.22. The summed E-state index contributed by atoms with van der Waals surface area (Å²) in [6.45, 7) is 7.71. The molecule has 0 radical (unpaired) electrons. The number of benzene rings is 2. The highest BCUT2D eigenvalue weighted by atomic mass is 32.2. The molecule has 2 aromatic carbocycles. The fraction of sp³-hybridized carbons (Fsp3) is 0.348. The van der Waals surface area contributed by atoms with E-state index in [9.17, 15) is 13.2 Å². The van der Waals surface area contributed by atoms with Crippen molar-refractivity contribution in [3.63, 3.8) is 0 Å². The molecule has 0 saturated carbocycles. The van der Waals surface area contributed by atoms with E-state index >= 15 is 0 Å². The van der Waals surface area contributed by atoms with Crippen LogP contribution in [0.5, 0.6) is 0 Å². The Hall–Kier alpha value is -3.20. The van der Waals surface area contributed by atoms with Crippen molar-refractivity contribution in [1.29, 1.82) is 0 Å². The molecule has 9 heteroatoms. The molecule has 1 aliphatic rings. The molecule has 1 atom stereocenters. The van der Waals surface area contributed by atoms with Gasteiger partial charge in [0.05, 0.1) is 23.2 Å². The van der Waals surface area contributed by atoms with Gasteiger partial charge in [-0.3, -0.25) is 9.10 Å². The summed E-state index contributed by atoms with van der Waals surface area (Å²) in [5.41, 5.74) is 4.02. The van der Waals surface area contributed by atoms with E-state index in [1.165, 1.54) is 10.6 Å². The van der Waals surface area contributed by atoms with Crippen LogP contribution in [0.3, 0.4) is 0 Å². The zero-order chi connectivity index (χ0) is 23.2. The number of nitrogens with one attached hydrogen (secondary N) is 1. The van der Waals surface area contributed by atoms with Crippen LogP contribution in [0.2, 0.25) is 0 Å². The molecule has 4 rings (SSSR count). The first-order valence-corrected chi connectivity index (χ1v) is 12.3. The molecule has 168 valence electrons. The number of sulfonamides is 1. The van der Waals surface area contributed by atoms with Crippen molar-refractivity contribution in [1.82, 2.24) is 10.1 Å². The number of nitrogens with zero attached hydrogens (tertiary/aromatic N) is 3. The van der Waals surface area contributed by atoms with Crippen LogP contribution in [-0.4, -0.2) is 36.8 Å². The summed E-state index contributed by atoms with van der Waals surface area (Å²) in [5.74, 6) is 0.772. The van der Waals surface area contributed by atoms with Crippen LogP contribution >= 0.6 is 0 Å². The summed E-state index contributed by atoms with van der Waals surface area (Å²) >= 11 is 0. The lowest BCUT2D eigenvalue weighted by Crippen LogP contribution is -2.34. The van der Waals surface area contributed by atoms with Gasteiger partial charge in [-0.15, -0.1) is 0 Å². The summed E-state index contributed by atoms with van der Waals surface area (Å²) in [4.78, 5) is 17.6. The Labute approximate surface area is 187 Å². The first kappa shape index (κ1) is 22.0. The average molecular weight is 455 g/mol. The summed E-state index contributed by atoms with van der Waals surface area (Å²) in [7, 11) is -3.38. The Morgan fingerprint density at radius 3 is 2.66 bits per heavy atom. The predicted molar refractivity (Wildman–Crippen MR) is 123 cm³/mol. The Bertz CT molecular complexity index is 1300. The van der Waals surface area contributed by atoms with Crippen LogP contribution in [0.1, 0.15) is 54.0 Å². The normalized spacial score (nSPS) is 15.8. The number of rotatable bonds is 5. The number of aromatic nitrogens is 2. The molecule has 0 spiro atoms. The number of hydrogen-bond acceptors (Lipinski definition) is 6. The molecule has 2 heterocycles. The van der Waals surface area contributed by atoms with Gasteiger partial charge in [-0.25, -0.2) is 8.42 Å². The molecule has 3 aromatic rings. The molecule has 0 fully saturated rings. The first-order valence-electron chi connectivity index (χ1n) is 10.4. The van der Waals surface area contributed by atoms with Crippen LogP contribution in [0, 0.1) is 6.92 Å². The van der Waals surface area contributed by atoms with Gasteiger partial charge in [0, 0.05) is 17.5 Å². The number of para-hydroxylation sites is 1. The van der Waals surface area contributed by atoms with Crippen LogP contribution in [0.15, 0.2) is 40.9 Å². The highest BCUT2D eigenvalue weighted by Crippen LogP contribution is 2.35. The second kappa shape index (κ2) is 8.05. The Balaban J connectivity index is 1.65. The van der Waals surface area contributed by atoms with Crippen molar-refractivity contribution >= 4 is 27.3 Å². The van der Waals surface area contributed by atoms with Crippen LogP contribution < -0.4 is 9.62 Å². The minimum Gasteiger partial charge on any atom is -0.334 e. The number of aryl methyl sites for hydroxylation is 1. The third kappa shape index (κ3) is 4.00. The van der Waals surface area contributed by atoms with Crippen molar-refractivity contribution in [2.75, 3.05) is 15.9 Å². The van der Waals surface area contributed by atoms with Crippen molar-refractivity contribution in [2.45, 2.75) is 46.1 Å². The van der Waals surface area contributed by atoms with Gasteiger partial charge in [0.25, 0.3) is 11.8 Å². The van der Waals surface area contributed by atoms with Crippen LogP contribution in [-0.2, 0) is 16.4 Å². The molecule has 32 heavy (non-hydrogen) atoms. The third-order valence-electron chi connectivity index (χ3n) is 5.55. The summed E-state index contributed by atoms with van der Waals surface area (Å²) in [5, 5.41) is 7.00. The standard InChI is InChI=1S/C23H26N4O4S/c1-13(2)21-25-23(31-26-21)18-8-6-7-14(3)20(18)24-22(28)16-9-10-19-17(12-16)11-15(4)27(19)32(5,29)30/h6-10,12-13,15H,11H2,1-5H3,(H,24,28). The third-order valence-corrected chi connectivity index (χ3v) is 6.82. The Morgan fingerprint density at radius 1 is 1.25 bits per heavy atom. The van der Waals surface area contributed by atoms with Crippen molar-refractivity contribution in [2.24, 2.45) is 0 Å². The topological polar surface area (TPSA) is 105 Å². The van der Waals surface area contributed by atoms with E-state index < -0.39 is 10.0 Å². The molecule has 0 aliphatic carbocycles. The van der Waals surface area contributed by atoms with Gasteiger partial charge in [-0.05, 0) is 55.7 Å². The van der Waals surface area contributed by atoms with Gasteiger partial charge < -0.3 is 9.84 Å². The highest BCUT2D eigenvalue weighted by molar-refractivity contribution is 7.92. The van der Waals surface area contributed by atoms with Gasteiger partial charge in [-0.1, -0.05) is 31.1 Å². The van der Waals surface area contributed by atoms with Crippen molar-refractivity contribution in [3.8, 4) is 11.5 Å². The maximum Gasteiger partial charge on any atom is 0.260 e. The van der Waals surface area contributed by atoms with E-state index in [4.69, 9.17) is 4.52 Å². The lowest BCUT2D eigenvalue weighted by molar-refractivity contribution is 0.102. The largest absolute Gasteiger partial charge is 0.334 e. The number of carbonyl (C=O) groups excluding carboxylic acids is 1. The Morgan fingerprint density at radius 2 is 2.00 bits per heavy atom. The van der Waals surface area contributed by atoms with Gasteiger partial charge in [-0.2, -0.15) is 4.98 Å². The molecule has 0 bridgehead atoms. The average Bonchev–Trinajstić information content (AvgIpc) is 3.32. The summed E-state index contributed by atoms with van der Waals surface area (Å²) in [6.07, 6.45) is 1.75. The Kier molecular flexibility index (Phi) is 5.54. The minimum atomic E-state index is -3.38. The zero-order valence-electron chi connectivity index (χ0n) is 18.7. The molecule has 8 nitrogen and oxygen atoms in total. The lowest BCUT2D eigenvalue weighted by atomic mass is 10.0.